The van der Waals surface area contributed by atoms with Crippen LogP contribution in [0.3, 0.4) is 0 Å². The number of nitrogens with two attached hydrogens (primary N) is 1. The number of rotatable bonds is 3. The maximum absolute atomic E-state index is 10.8. The Balaban J connectivity index is 2.84. The van der Waals surface area contributed by atoms with Crippen LogP contribution in [0, 0.1) is 0 Å². The second-order valence-electron chi connectivity index (χ2n) is 2.95. The first-order valence-corrected chi connectivity index (χ1v) is 4.50. The SMILES string of the molecule is CNc1ccc(/C=C/C(=O)OC)cc1N. The van der Waals surface area contributed by atoms with Gasteiger partial charge in [-0.05, 0) is 23.8 Å². The maximum Gasteiger partial charge on any atom is 0.330 e. The lowest BCUT2D eigenvalue weighted by Crippen LogP contribution is -1.96. The molecule has 0 amide bonds. The smallest absolute Gasteiger partial charge is 0.330 e. The van der Waals surface area contributed by atoms with E-state index in [0.717, 1.165) is 11.3 Å². The summed E-state index contributed by atoms with van der Waals surface area (Å²) >= 11 is 0. The molecule has 1 aromatic rings. The van der Waals surface area contributed by atoms with E-state index in [9.17, 15) is 4.79 Å². The number of anilines is 2. The third-order valence-corrected chi connectivity index (χ3v) is 1.96. The molecule has 0 aliphatic carbocycles. The predicted octanol–water partition coefficient (Wildman–Crippen LogP) is 1.50. The average molecular weight is 206 g/mol. The van der Waals surface area contributed by atoms with Gasteiger partial charge in [0, 0.05) is 13.1 Å². The molecule has 0 aromatic heterocycles. The van der Waals surface area contributed by atoms with Crippen LogP contribution >= 0.6 is 0 Å². The molecule has 0 atom stereocenters. The summed E-state index contributed by atoms with van der Waals surface area (Å²) in [7, 11) is 3.14. The van der Waals surface area contributed by atoms with Gasteiger partial charge in [0.25, 0.3) is 0 Å². The number of carbonyl (C=O) groups excluding carboxylic acids is 1. The minimum absolute atomic E-state index is 0.383. The highest BCUT2D eigenvalue weighted by atomic mass is 16.5. The third kappa shape index (κ3) is 3.02. The number of esters is 1. The van der Waals surface area contributed by atoms with Gasteiger partial charge in [0.1, 0.15) is 0 Å². The van der Waals surface area contributed by atoms with Crippen LogP contribution < -0.4 is 11.1 Å². The number of nitrogen functional groups attached to an aromatic ring is 1. The number of nitrogens with one attached hydrogen (secondary N) is 1. The minimum Gasteiger partial charge on any atom is -0.466 e. The van der Waals surface area contributed by atoms with E-state index >= 15 is 0 Å². The first kappa shape index (κ1) is 11.1. The molecule has 0 spiro atoms. The van der Waals surface area contributed by atoms with Gasteiger partial charge in [0.15, 0.2) is 0 Å². The van der Waals surface area contributed by atoms with Gasteiger partial charge in [-0.1, -0.05) is 6.07 Å². The molecule has 0 heterocycles. The van der Waals surface area contributed by atoms with E-state index in [0.29, 0.717) is 5.69 Å². The summed E-state index contributed by atoms with van der Waals surface area (Å²) in [5, 5.41) is 2.96. The van der Waals surface area contributed by atoms with Crippen LogP contribution in [0.4, 0.5) is 11.4 Å². The van der Waals surface area contributed by atoms with Gasteiger partial charge in [-0.2, -0.15) is 0 Å². The Bertz CT molecular complexity index is 386. The van der Waals surface area contributed by atoms with Gasteiger partial charge in [-0.3, -0.25) is 0 Å². The van der Waals surface area contributed by atoms with Gasteiger partial charge >= 0.3 is 5.97 Å². The number of ether oxygens (including phenoxy) is 1. The zero-order valence-corrected chi connectivity index (χ0v) is 8.78. The molecule has 4 heteroatoms. The van der Waals surface area contributed by atoms with E-state index in [1.807, 2.05) is 12.1 Å². The standard InChI is InChI=1S/C11H14N2O2/c1-13-10-5-3-8(7-9(10)12)4-6-11(14)15-2/h3-7,13H,12H2,1-2H3/b6-4+. The summed E-state index contributed by atoms with van der Waals surface area (Å²) in [6.07, 6.45) is 3.01. The zero-order chi connectivity index (χ0) is 11.3. The van der Waals surface area contributed by atoms with Crippen molar-refractivity contribution < 1.29 is 9.53 Å². The molecule has 15 heavy (non-hydrogen) atoms. The first-order chi connectivity index (χ1) is 7.17. The summed E-state index contributed by atoms with van der Waals surface area (Å²) in [6.45, 7) is 0. The highest BCUT2D eigenvalue weighted by Gasteiger charge is 1.97. The van der Waals surface area contributed by atoms with Gasteiger partial charge < -0.3 is 15.8 Å². The van der Waals surface area contributed by atoms with Crippen LogP contribution in [0.1, 0.15) is 5.56 Å². The van der Waals surface area contributed by atoms with Crippen molar-refractivity contribution in [1.29, 1.82) is 0 Å². The van der Waals surface area contributed by atoms with E-state index in [1.165, 1.54) is 13.2 Å². The lowest BCUT2D eigenvalue weighted by molar-refractivity contribution is -0.134. The van der Waals surface area contributed by atoms with E-state index in [-0.39, 0.29) is 5.97 Å². The van der Waals surface area contributed by atoms with Crippen molar-refractivity contribution >= 4 is 23.4 Å². The Labute approximate surface area is 88.7 Å². The van der Waals surface area contributed by atoms with E-state index in [2.05, 4.69) is 10.1 Å². The largest absolute Gasteiger partial charge is 0.466 e. The number of hydrogen-bond acceptors (Lipinski definition) is 4. The molecule has 80 valence electrons. The second-order valence-corrected chi connectivity index (χ2v) is 2.95. The average Bonchev–Trinajstić information content (AvgIpc) is 2.26. The van der Waals surface area contributed by atoms with Crippen molar-refractivity contribution in [1.82, 2.24) is 0 Å². The third-order valence-electron chi connectivity index (χ3n) is 1.96. The maximum atomic E-state index is 10.8. The Morgan fingerprint density at radius 2 is 2.27 bits per heavy atom. The molecule has 0 saturated carbocycles. The van der Waals surface area contributed by atoms with E-state index < -0.39 is 0 Å². The molecule has 0 unspecified atom stereocenters. The van der Waals surface area contributed by atoms with Crippen LogP contribution in [0.2, 0.25) is 0 Å². The van der Waals surface area contributed by atoms with E-state index in [1.54, 1.807) is 19.2 Å². The summed E-state index contributed by atoms with van der Waals surface area (Å²) in [5.74, 6) is -0.383. The number of carbonyl (C=O) groups is 1. The fourth-order valence-electron chi connectivity index (χ4n) is 1.14. The number of hydrogen-bond donors (Lipinski definition) is 2. The van der Waals surface area contributed by atoms with Crippen LogP contribution in [-0.4, -0.2) is 20.1 Å². The molecule has 1 rings (SSSR count). The van der Waals surface area contributed by atoms with Crippen molar-refractivity contribution in [2.75, 3.05) is 25.2 Å². The van der Waals surface area contributed by atoms with Crippen LogP contribution in [-0.2, 0) is 9.53 Å². The first-order valence-electron chi connectivity index (χ1n) is 4.50. The molecule has 3 N–H and O–H groups in total. The summed E-state index contributed by atoms with van der Waals surface area (Å²) in [6, 6.07) is 5.50. The summed E-state index contributed by atoms with van der Waals surface area (Å²) < 4.78 is 4.48. The summed E-state index contributed by atoms with van der Waals surface area (Å²) in [5.41, 5.74) is 8.13. The van der Waals surface area contributed by atoms with Crippen LogP contribution in [0.25, 0.3) is 6.08 Å². The van der Waals surface area contributed by atoms with Gasteiger partial charge in [0.05, 0.1) is 18.5 Å². The zero-order valence-electron chi connectivity index (χ0n) is 8.78. The molecule has 0 aliphatic rings. The Morgan fingerprint density at radius 3 is 2.80 bits per heavy atom. The Kier molecular flexibility index (Phi) is 3.74. The van der Waals surface area contributed by atoms with Crippen molar-refractivity contribution in [2.45, 2.75) is 0 Å². The summed E-state index contributed by atoms with van der Waals surface area (Å²) in [4.78, 5) is 10.8. The van der Waals surface area contributed by atoms with Crippen LogP contribution in [0.15, 0.2) is 24.3 Å². The fourth-order valence-corrected chi connectivity index (χ4v) is 1.14. The van der Waals surface area contributed by atoms with Crippen molar-refractivity contribution in [3.63, 3.8) is 0 Å². The topological polar surface area (TPSA) is 64.3 Å². The van der Waals surface area contributed by atoms with Gasteiger partial charge in [-0.25, -0.2) is 4.79 Å². The molecular formula is C11H14N2O2. The van der Waals surface area contributed by atoms with Gasteiger partial charge in [0.2, 0.25) is 0 Å². The van der Waals surface area contributed by atoms with Crippen LogP contribution in [0.5, 0.6) is 0 Å². The molecule has 0 bridgehead atoms. The quantitative estimate of drug-likeness (QED) is 0.447. The fraction of sp³-hybridized carbons (Fsp3) is 0.182. The number of benzene rings is 1. The predicted molar refractivity (Wildman–Crippen MR) is 61.5 cm³/mol. The monoisotopic (exact) mass is 206 g/mol. The normalized spacial score (nSPS) is 10.3. The molecule has 0 fully saturated rings. The van der Waals surface area contributed by atoms with E-state index in [4.69, 9.17) is 5.73 Å². The molecule has 0 saturated heterocycles. The van der Waals surface area contributed by atoms with Crippen molar-refractivity contribution in [3.8, 4) is 0 Å². The van der Waals surface area contributed by atoms with Gasteiger partial charge in [-0.15, -0.1) is 0 Å². The highest BCUT2D eigenvalue weighted by molar-refractivity contribution is 5.87. The second kappa shape index (κ2) is 5.05. The lowest BCUT2D eigenvalue weighted by Gasteiger charge is -2.04. The molecule has 1 aromatic carbocycles. The van der Waals surface area contributed by atoms with Crippen molar-refractivity contribution in [2.24, 2.45) is 0 Å². The number of methoxy groups -OCH3 is 1. The lowest BCUT2D eigenvalue weighted by atomic mass is 10.1. The Hall–Kier alpha value is -1.97. The Morgan fingerprint density at radius 1 is 1.53 bits per heavy atom. The molecule has 4 nitrogen and oxygen atoms in total. The van der Waals surface area contributed by atoms with Crippen molar-refractivity contribution in [3.05, 3.63) is 29.8 Å². The molecule has 0 radical (unpaired) electrons. The molecule has 0 aliphatic heterocycles. The molecular weight excluding hydrogens is 192 g/mol. The highest BCUT2D eigenvalue weighted by Crippen LogP contribution is 2.19. The minimum atomic E-state index is -0.383.